The molecule has 0 spiro atoms. The summed E-state index contributed by atoms with van der Waals surface area (Å²) in [6.45, 7) is 1.64. The average molecular weight is 497 g/mol. The molecule has 2 N–H and O–H groups in total. The van der Waals surface area contributed by atoms with E-state index in [-0.39, 0.29) is 39.7 Å². The number of pyridine rings is 1. The molecule has 0 saturated heterocycles. The predicted octanol–water partition coefficient (Wildman–Crippen LogP) is 4.72. The maximum absolute atomic E-state index is 14.0. The Morgan fingerprint density at radius 3 is 2.69 bits per heavy atom. The second-order valence-corrected chi connectivity index (χ2v) is 7.76. The Labute approximate surface area is 199 Å². The van der Waals surface area contributed by atoms with E-state index in [4.69, 9.17) is 4.52 Å². The Hall–Kier alpha value is -4.68. The molecule has 0 unspecified atom stereocenters. The van der Waals surface area contributed by atoms with Gasteiger partial charge in [-0.25, -0.2) is 19.9 Å². The lowest BCUT2D eigenvalue weighted by Gasteiger charge is -2.10. The molecule has 4 aromatic heterocycles. The Bertz CT molecular complexity index is 1580. The van der Waals surface area contributed by atoms with Crippen LogP contribution in [0.5, 0.6) is 0 Å². The molecule has 0 bridgehead atoms. The number of fused-ring (bicyclic) bond motifs is 1. The van der Waals surface area contributed by atoms with Crippen molar-refractivity contribution in [2.75, 3.05) is 0 Å². The molecule has 0 saturated carbocycles. The highest BCUT2D eigenvalue weighted by Gasteiger charge is 2.31. The molecule has 9 nitrogen and oxygen atoms in total. The first-order valence-corrected chi connectivity index (χ1v) is 10.5. The van der Waals surface area contributed by atoms with E-state index >= 15 is 0 Å². The molecule has 0 radical (unpaired) electrons. The Morgan fingerprint density at radius 1 is 1.08 bits per heavy atom. The van der Waals surface area contributed by atoms with Crippen molar-refractivity contribution in [3.63, 3.8) is 0 Å². The Balaban J connectivity index is 1.33. The van der Waals surface area contributed by atoms with Gasteiger partial charge in [0.05, 0.1) is 33.9 Å². The first-order chi connectivity index (χ1) is 17.2. The molecule has 182 valence electrons. The molecule has 0 fully saturated rings. The van der Waals surface area contributed by atoms with Crippen LogP contribution in [0.2, 0.25) is 0 Å². The molecule has 36 heavy (non-hydrogen) atoms. The highest BCUT2D eigenvalue weighted by atomic mass is 19.4. The van der Waals surface area contributed by atoms with Crippen molar-refractivity contribution in [3.8, 4) is 22.8 Å². The summed E-state index contributed by atoms with van der Waals surface area (Å²) in [5.74, 6) is -0.832. The summed E-state index contributed by atoms with van der Waals surface area (Å²) >= 11 is 0. The number of benzene rings is 1. The molecule has 5 aromatic rings. The third-order valence-electron chi connectivity index (χ3n) is 5.29. The second-order valence-electron chi connectivity index (χ2n) is 7.76. The normalized spacial score (nSPS) is 12.6. The Kier molecular flexibility index (Phi) is 5.66. The van der Waals surface area contributed by atoms with Gasteiger partial charge in [0.15, 0.2) is 11.6 Å². The lowest BCUT2D eigenvalue weighted by molar-refractivity contribution is -0.137. The summed E-state index contributed by atoms with van der Waals surface area (Å²) in [6, 6.07) is 8.36. The molecular weight excluding hydrogens is 482 g/mol. The maximum Gasteiger partial charge on any atom is 0.416 e. The van der Waals surface area contributed by atoms with Gasteiger partial charge < -0.3 is 14.8 Å². The van der Waals surface area contributed by atoms with Gasteiger partial charge in [-0.05, 0) is 43.3 Å². The van der Waals surface area contributed by atoms with Crippen molar-refractivity contribution < 1.29 is 26.9 Å². The number of carbonyl (C=O) groups excluding carboxylic acids is 1. The fourth-order valence-electron chi connectivity index (χ4n) is 3.46. The minimum absolute atomic E-state index is 0.00686. The summed E-state index contributed by atoms with van der Waals surface area (Å²) in [5.41, 5.74) is 0.259. The highest BCUT2D eigenvalue weighted by Crippen LogP contribution is 2.32. The lowest BCUT2D eigenvalue weighted by atomic mass is 10.1. The van der Waals surface area contributed by atoms with Crippen molar-refractivity contribution >= 4 is 16.9 Å². The van der Waals surface area contributed by atoms with Gasteiger partial charge in [-0.15, -0.1) is 0 Å². The summed E-state index contributed by atoms with van der Waals surface area (Å²) in [7, 11) is 0. The predicted molar refractivity (Wildman–Crippen MR) is 118 cm³/mol. The third-order valence-corrected chi connectivity index (χ3v) is 5.29. The van der Waals surface area contributed by atoms with Crippen LogP contribution in [-0.4, -0.2) is 36.0 Å². The monoisotopic (exact) mass is 497 g/mol. The molecule has 5 rings (SSSR count). The van der Waals surface area contributed by atoms with Gasteiger partial charge in [0.25, 0.3) is 5.91 Å². The summed E-state index contributed by atoms with van der Waals surface area (Å²) in [5, 5.41) is 6.59. The maximum atomic E-state index is 14.0. The quantitative estimate of drug-likeness (QED) is 0.266. The topological polar surface area (TPSA) is 122 Å². The van der Waals surface area contributed by atoms with Crippen LogP contribution in [0.15, 0.2) is 59.5 Å². The molecule has 0 aliphatic heterocycles. The van der Waals surface area contributed by atoms with Crippen LogP contribution in [0, 0.1) is 5.95 Å². The number of rotatable bonds is 5. The zero-order chi connectivity index (χ0) is 25.4. The number of hydrogen-bond donors (Lipinski definition) is 2. The van der Waals surface area contributed by atoms with Crippen LogP contribution >= 0.6 is 0 Å². The zero-order valence-electron chi connectivity index (χ0n) is 18.3. The van der Waals surface area contributed by atoms with E-state index in [1.807, 2.05) is 0 Å². The van der Waals surface area contributed by atoms with Gasteiger partial charge in [0.1, 0.15) is 17.7 Å². The van der Waals surface area contributed by atoms with E-state index in [2.05, 4.69) is 35.4 Å². The van der Waals surface area contributed by atoms with Gasteiger partial charge in [-0.2, -0.15) is 17.6 Å². The van der Waals surface area contributed by atoms with Crippen molar-refractivity contribution in [2.24, 2.45) is 0 Å². The van der Waals surface area contributed by atoms with E-state index in [0.717, 1.165) is 18.5 Å². The zero-order valence-corrected chi connectivity index (χ0v) is 18.3. The van der Waals surface area contributed by atoms with Gasteiger partial charge in [-0.1, -0.05) is 5.16 Å². The number of hydrogen-bond acceptors (Lipinski definition) is 7. The van der Waals surface area contributed by atoms with Gasteiger partial charge >= 0.3 is 6.18 Å². The van der Waals surface area contributed by atoms with E-state index in [1.165, 1.54) is 30.5 Å². The number of halogens is 4. The fourth-order valence-corrected chi connectivity index (χ4v) is 3.46. The first kappa shape index (κ1) is 23.1. The van der Waals surface area contributed by atoms with Crippen LogP contribution in [-0.2, 0) is 6.18 Å². The van der Waals surface area contributed by atoms with Crippen molar-refractivity contribution in [1.82, 2.24) is 35.4 Å². The molecule has 13 heteroatoms. The number of nitrogens with one attached hydrogen (secondary N) is 2. The molecular formula is C23H15F4N7O2. The number of amides is 1. The van der Waals surface area contributed by atoms with Crippen LogP contribution in [0.25, 0.3) is 33.8 Å². The van der Waals surface area contributed by atoms with Crippen molar-refractivity contribution in [3.05, 3.63) is 78.0 Å². The van der Waals surface area contributed by atoms with Crippen LogP contribution in [0.1, 0.15) is 34.8 Å². The molecule has 0 aliphatic rings. The van der Waals surface area contributed by atoms with E-state index in [9.17, 15) is 22.4 Å². The van der Waals surface area contributed by atoms with Crippen LogP contribution in [0.3, 0.4) is 0 Å². The standard InChI is InChI=1S/C23H15F4N7O2/c1-11(31-22(35)18-8-15(29-10-30-18)13-3-2-6-28-20(13)24)19-9-17(34-36-19)21-32-14-5-4-12(23(25,26)27)7-16(14)33-21/h2-11H,1H3,(H,31,35)(H,32,33)/t11-/m0/s1. The molecule has 1 amide bonds. The molecule has 1 atom stereocenters. The summed E-state index contributed by atoms with van der Waals surface area (Å²) in [6.07, 6.45) is -2.05. The van der Waals surface area contributed by atoms with Gasteiger partial charge in [-0.3, -0.25) is 4.79 Å². The van der Waals surface area contributed by atoms with Gasteiger partial charge in [0.2, 0.25) is 5.95 Å². The van der Waals surface area contributed by atoms with E-state index < -0.39 is 29.6 Å². The number of aromatic amines is 1. The molecule has 1 aromatic carbocycles. The molecule has 4 heterocycles. The number of imidazole rings is 1. The highest BCUT2D eigenvalue weighted by molar-refractivity contribution is 5.93. The number of aromatic nitrogens is 6. The van der Waals surface area contributed by atoms with Crippen LogP contribution in [0.4, 0.5) is 17.6 Å². The SMILES string of the molecule is C[C@H](NC(=O)c1cc(-c2cccnc2F)ncn1)c1cc(-c2nc3ccc(C(F)(F)F)cc3[nH]2)no1. The summed E-state index contributed by atoms with van der Waals surface area (Å²) < 4.78 is 58.2. The summed E-state index contributed by atoms with van der Waals surface area (Å²) in [4.78, 5) is 31.3. The van der Waals surface area contributed by atoms with Crippen molar-refractivity contribution in [2.45, 2.75) is 19.1 Å². The second kappa shape index (κ2) is 8.83. The Morgan fingerprint density at radius 2 is 1.92 bits per heavy atom. The largest absolute Gasteiger partial charge is 0.416 e. The third kappa shape index (κ3) is 4.50. The smallest absolute Gasteiger partial charge is 0.358 e. The van der Waals surface area contributed by atoms with E-state index in [0.29, 0.717) is 5.52 Å². The van der Waals surface area contributed by atoms with Crippen molar-refractivity contribution in [1.29, 1.82) is 0 Å². The fraction of sp³-hybridized carbons (Fsp3) is 0.130. The number of alkyl halides is 3. The number of H-pyrrole nitrogens is 1. The lowest BCUT2D eigenvalue weighted by Crippen LogP contribution is -2.27. The minimum Gasteiger partial charge on any atom is -0.358 e. The number of carbonyl (C=O) groups is 1. The van der Waals surface area contributed by atoms with Crippen LogP contribution < -0.4 is 5.32 Å². The number of nitrogens with zero attached hydrogens (tertiary/aromatic N) is 5. The van der Waals surface area contributed by atoms with E-state index in [1.54, 1.807) is 13.0 Å². The van der Waals surface area contributed by atoms with Gasteiger partial charge in [0, 0.05) is 12.3 Å². The first-order valence-electron chi connectivity index (χ1n) is 10.5. The average Bonchev–Trinajstić information content (AvgIpc) is 3.51. The molecule has 0 aliphatic carbocycles. The minimum atomic E-state index is -4.48.